The maximum absolute atomic E-state index is 13.3. The molecular formula is C19H20N2O4S. The zero-order valence-electron chi connectivity index (χ0n) is 14.7. The van der Waals surface area contributed by atoms with Crippen LogP contribution >= 0.6 is 0 Å². The summed E-state index contributed by atoms with van der Waals surface area (Å²) in [6, 6.07) is 10.5. The lowest BCUT2D eigenvalue weighted by molar-refractivity contribution is 0.326. The number of benzene rings is 2. The van der Waals surface area contributed by atoms with Crippen molar-refractivity contribution < 1.29 is 17.9 Å². The minimum absolute atomic E-state index is 0.146. The molecule has 0 amide bonds. The van der Waals surface area contributed by atoms with E-state index in [0.717, 1.165) is 28.8 Å². The smallest absolute Gasteiger partial charge is 0.271 e. The first-order valence-corrected chi connectivity index (χ1v) is 9.83. The molecule has 0 radical (unpaired) electrons. The number of ether oxygens (including phenoxy) is 2. The molecule has 1 aliphatic rings. The fourth-order valence-electron chi connectivity index (χ4n) is 3.30. The number of aryl methyl sites for hydroxylation is 1. The van der Waals surface area contributed by atoms with Crippen molar-refractivity contribution in [3.63, 3.8) is 0 Å². The minimum atomic E-state index is -3.79. The number of hydrogen-bond acceptors (Lipinski definition) is 5. The van der Waals surface area contributed by atoms with Gasteiger partial charge in [-0.3, -0.25) is 0 Å². The van der Waals surface area contributed by atoms with Crippen molar-refractivity contribution in [3.05, 3.63) is 53.7 Å². The Morgan fingerprint density at radius 3 is 2.85 bits per heavy atom. The van der Waals surface area contributed by atoms with Crippen LogP contribution in [0.4, 0.5) is 0 Å². The van der Waals surface area contributed by atoms with Gasteiger partial charge in [0.2, 0.25) is 0 Å². The van der Waals surface area contributed by atoms with E-state index in [4.69, 9.17) is 9.47 Å². The maximum Gasteiger partial charge on any atom is 0.271 e. The van der Waals surface area contributed by atoms with Gasteiger partial charge in [-0.05, 0) is 42.8 Å². The van der Waals surface area contributed by atoms with Crippen molar-refractivity contribution >= 4 is 20.9 Å². The normalized spacial score (nSPS) is 14.5. The number of nitrogens with one attached hydrogen (secondary N) is 1. The summed E-state index contributed by atoms with van der Waals surface area (Å²) in [5.74, 6) is 1.14. The molecule has 1 N–H and O–H groups in total. The van der Waals surface area contributed by atoms with Gasteiger partial charge in [0.05, 0.1) is 12.6 Å². The molecular weight excluding hydrogens is 352 g/mol. The van der Waals surface area contributed by atoms with E-state index in [0.29, 0.717) is 24.4 Å². The van der Waals surface area contributed by atoms with Crippen LogP contribution in [0.15, 0.2) is 47.5 Å². The van der Waals surface area contributed by atoms with Crippen molar-refractivity contribution in [1.82, 2.24) is 9.29 Å². The number of hydrogen-bond donors (Lipinski definition) is 1. The zero-order valence-corrected chi connectivity index (χ0v) is 15.5. The Bertz CT molecular complexity index is 1090. The molecule has 7 heteroatoms. The summed E-state index contributed by atoms with van der Waals surface area (Å²) in [7, 11) is -2.31. The molecule has 0 saturated heterocycles. The Morgan fingerprint density at radius 1 is 1.19 bits per heavy atom. The second-order valence-electron chi connectivity index (χ2n) is 6.27. The van der Waals surface area contributed by atoms with Gasteiger partial charge in [0.15, 0.2) is 0 Å². The highest BCUT2D eigenvalue weighted by Crippen LogP contribution is 2.33. The summed E-state index contributed by atoms with van der Waals surface area (Å²) in [6.45, 7) is 3.89. The Kier molecular flexibility index (Phi) is 4.13. The predicted octanol–water partition coefficient (Wildman–Crippen LogP) is 2.68. The van der Waals surface area contributed by atoms with Crippen LogP contribution in [-0.2, 0) is 16.6 Å². The van der Waals surface area contributed by atoms with E-state index in [2.05, 4.69) is 5.32 Å². The van der Waals surface area contributed by atoms with E-state index in [1.54, 1.807) is 30.5 Å². The van der Waals surface area contributed by atoms with Gasteiger partial charge in [-0.25, -0.2) is 12.4 Å². The molecule has 0 saturated carbocycles. The largest absolute Gasteiger partial charge is 0.495 e. The first-order chi connectivity index (χ1) is 12.5. The third kappa shape index (κ3) is 2.64. The van der Waals surface area contributed by atoms with E-state index >= 15 is 0 Å². The Hall–Kier alpha value is -2.51. The summed E-state index contributed by atoms with van der Waals surface area (Å²) < 4.78 is 38.9. The van der Waals surface area contributed by atoms with Gasteiger partial charge >= 0.3 is 0 Å². The Balaban J connectivity index is 1.91. The first-order valence-electron chi connectivity index (χ1n) is 8.39. The van der Waals surface area contributed by atoms with Crippen LogP contribution < -0.4 is 14.8 Å². The van der Waals surface area contributed by atoms with Crippen molar-refractivity contribution in [3.8, 4) is 11.5 Å². The predicted molar refractivity (Wildman–Crippen MR) is 99.5 cm³/mol. The molecule has 0 aliphatic carbocycles. The quantitative estimate of drug-likeness (QED) is 0.765. The highest BCUT2D eigenvalue weighted by Gasteiger charge is 2.24. The van der Waals surface area contributed by atoms with Crippen molar-refractivity contribution in [2.24, 2.45) is 0 Å². The molecule has 2 heterocycles. The molecule has 6 nitrogen and oxygen atoms in total. The second-order valence-corrected chi connectivity index (χ2v) is 8.05. The summed E-state index contributed by atoms with van der Waals surface area (Å²) in [4.78, 5) is 0.146. The molecule has 0 unspecified atom stereocenters. The van der Waals surface area contributed by atoms with E-state index in [9.17, 15) is 8.42 Å². The average molecular weight is 372 g/mol. The topological polar surface area (TPSA) is 69.6 Å². The lowest BCUT2D eigenvalue weighted by Crippen LogP contribution is -2.16. The van der Waals surface area contributed by atoms with Crippen molar-refractivity contribution in [1.29, 1.82) is 0 Å². The summed E-state index contributed by atoms with van der Waals surface area (Å²) >= 11 is 0. The van der Waals surface area contributed by atoms with E-state index < -0.39 is 10.0 Å². The molecule has 3 aromatic rings. The molecule has 0 spiro atoms. The van der Waals surface area contributed by atoms with E-state index in [1.165, 1.54) is 11.1 Å². The number of rotatable bonds is 3. The number of methoxy groups -OCH3 is 1. The zero-order chi connectivity index (χ0) is 18.3. The van der Waals surface area contributed by atoms with Crippen LogP contribution in [0, 0.1) is 6.92 Å². The van der Waals surface area contributed by atoms with Gasteiger partial charge in [0.1, 0.15) is 23.0 Å². The number of nitrogens with zero attached hydrogens (tertiary/aromatic N) is 1. The Labute approximate surface area is 152 Å². The van der Waals surface area contributed by atoms with E-state index in [-0.39, 0.29) is 4.90 Å². The van der Waals surface area contributed by atoms with Crippen LogP contribution in [0.1, 0.15) is 11.1 Å². The van der Waals surface area contributed by atoms with Crippen LogP contribution in [-0.4, -0.2) is 32.7 Å². The third-order valence-corrected chi connectivity index (χ3v) is 6.33. The van der Waals surface area contributed by atoms with Gasteiger partial charge in [-0.15, -0.1) is 0 Å². The SMILES string of the molecule is COc1cc(C)ccc1S(=O)(=O)n1ccc2c3c(ccc21)OCCNC3. The summed E-state index contributed by atoms with van der Waals surface area (Å²) in [5.41, 5.74) is 2.54. The standard InChI is InChI=1S/C19H20N2O4S/c1-13-3-6-19(18(11-13)24-2)26(22,23)21-9-7-14-15-12-20-8-10-25-17(15)5-4-16(14)21/h3-7,9,11,20H,8,10,12H2,1-2H3. The molecule has 2 aromatic carbocycles. The first kappa shape index (κ1) is 16.9. The second kappa shape index (κ2) is 6.34. The van der Waals surface area contributed by atoms with Gasteiger partial charge in [0, 0.05) is 30.2 Å². The molecule has 4 rings (SSSR count). The van der Waals surface area contributed by atoms with Crippen LogP contribution in [0.3, 0.4) is 0 Å². The molecule has 0 atom stereocenters. The van der Waals surface area contributed by atoms with Gasteiger partial charge < -0.3 is 14.8 Å². The molecule has 136 valence electrons. The summed E-state index contributed by atoms with van der Waals surface area (Å²) in [6.07, 6.45) is 1.59. The third-order valence-electron chi connectivity index (χ3n) is 4.60. The molecule has 26 heavy (non-hydrogen) atoms. The highest BCUT2D eigenvalue weighted by atomic mass is 32.2. The molecule has 0 bridgehead atoms. The average Bonchev–Trinajstić information content (AvgIpc) is 2.93. The Morgan fingerprint density at radius 2 is 2.04 bits per heavy atom. The highest BCUT2D eigenvalue weighted by molar-refractivity contribution is 7.90. The number of aromatic nitrogens is 1. The van der Waals surface area contributed by atoms with Crippen LogP contribution in [0.25, 0.3) is 10.9 Å². The number of fused-ring (bicyclic) bond motifs is 3. The summed E-state index contributed by atoms with van der Waals surface area (Å²) in [5, 5.41) is 4.16. The monoisotopic (exact) mass is 372 g/mol. The maximum atomic E-state index is 13.3. The van der Waals surface area contributed by atoms with E-state index in [1.807, 2.05) is 19.1 Å². The molecule has 1 aromatic heterocycles. The van der Waals surface area contributed by atoms with Gasteiger partial charge in [-0.2, -0.15) is 0 Å². The minimum Gasteiger partial charge on any atom is -0.495 e. The molecule has 0 fully saturated rings. The fourth-order valence-corrected chi connectivity index (χ4v) is 4.79. The fraction of sp³-hybridized carbons (Fsp3) is 0.263. The lowest BCUT2D eigenvalue weighted by Gasteiger charge is -2.13. The van der Waals surface area contributed by atoms with Gasteiger partial charge in [-0.1, -0.05) is 6.07 Å². The van der Waals surface area contributed by atoms with Crippen molar-refractivity contribution in [2.45, 2.75) is 18.4 Å². The molecule has 1 aliphatic heterocycles. The van der Waals surface area contributed by atoms with Crippen LogP contribution in [0.5, 0.6) is 11.5 Å². The van der Waals surface area contributed by atoms with Crippen LogP contribution in [0.2, 0.25) is 0 Å². The van der Waals surface area contributed by atoms with Gasteiger partial charge in [0.25, 0.3) is 10.0 Å². The lowest BCUT2D eigenvalue weighted by atomic mass is 10.1. The van der Waals surface area contributed by atoms with Crippen molar-refractivity contribution in [2.75, 3.05) is 20.3 Å².